The van der Waals surface area contributed by atoms with Crippen molar-refractivity contribution in [1.82, 2.24) is 9.97 Å². The fourth-order valence-electron chi connectivity index (χ4n) is 2.80. The molecule has 0 radical (unpaired) electrons. The molecule has 0 spiro atoms. The van der Waals surface area contributed by atoms with Gasteiger partial charge in [-0.25, -0.2) is 18.8 Å². The molecule has 1 atom stereocenters. The molecule has 10 nitrogen and oxygen atoms in total. The van der Waals surface area contributed by atoms with E-state index in [1.165, 1.54) is 31.6 Å². The van der Waals surface area contributed by atoms with E-state index in [0.717, 1.165) is 0 Å². The lowest BCUT2D eigenvalue weighted by Crippen LogP contribution is -2.17. The molecule has 2 amide bonds. The average Bonchev–Trinajstić information content (AvgIpc) is 3.30. The summed E-state index contributed by atoms with van der Waals surface area (Å²) in [7, 11) is -1.76. The van der Waals surface area contributed by atoms with Crippen molar-refractivity contribution < 1.29 is 23.3 Å². The van der Waals surface area contributed by atoms with E-state index in [1.54, 1.807) is 31.2 Å². The van der Waals surface area contributed by atoms with Gasteiger partial charge in [0.25, 0.3) is 11.8 Å². The highest BCUT2D eigenvalue weighted by Crippen LogP contribution is 2.24. The Morgan fingerprint density at radius 2 is 1.70 bits per heavy atom. The molecule has 0 bridgehead atoms. The third kappa shape index (κ3) is 5.38. The molecule has 0 aliphatic carbocycles. The summed E-state index contributed by atoms with van der Waals surface area (Å²) in [5, 5.41) is 5.38. The largest absolute Gasteiger partial charge is 0.464 e. The van der Waals surface area contributed by atoms with E-state index >= 15 is 0 Å². The number of methoxy groups -OCH3 is 1. The van der Waals surface area contributed by atoms with Crippen LogP contribution in [-0.2, 0) is 14.5 Å². The van der Waals surface area contributed by atoms with E-state index in [4.69, 9.17) is 16.4 Å². The second kappa shape index (κ2) is 9.84. The number of esters is 1. The highest BCUT2D eigenvalue weighted by atomic mass is 35.5. The summed E-state index contributed by atoms with van der Waals surface area (Å²) in [6, 6.07) is 10.5. The normalized spacial score (nSPS) is 12.5. The third-order valence-electron chi connectivity index (χ3n) is 4.62. The maximum atomic E-state index is 12.6. The molecule has 4 N–H and O–H groups in total. The third-order valence-corrected chi connectivity index (χ3v) is 6.76. The molecule has 3 rings (SSSR count). The summed E-state index contributed by atoms with van der Waals surface area (Å²) in [5.41, 5.74) is 0.834. The highest BCUT2D eigenvalue weighted by molar-refractivity contribution is 7.92. The van der Waals surface area contributed by atoms with Gasteiger partial charge in [0.1, 0.15) is 5.69 Å². The molecule has 172 valence electrons. The van der Waals surface area contributed by atoms with E-state index in [9.17, 15) is 18.6 Å². The number of nitrogens with zero attached hydrogens (tertiary/aromatic N) is 1. The molecule has 0 saturated carbocycles. The number of imidazole rings is 1. The van der Waals surface area contributed by atoms with Crippen LogP contribution in [0.4, 0.5) is 11.4 Å². The lowest BCUT2D eigenvalue weighted by atomic mass is 10.2. The van der Waals surface area contributed by atoms with Crippen LogP contribution in [0, 0.1) is 4.78 Å². The monoisotopic (exact) mass is 489 g/mol. The Bertz CT molecular complexity index is 1320. The van der Waals surface area contributed by atoms with Gasteiger partial charge in [0.05, 0.1) is 33.8 Å². The number of H-pyrrole nitrogens is 1. The molecule has 1 unspecified atom stereocenters. The number of aromatic nitrogens is 2. The molecule has 0 fully saturated rings. The zero-order chi connectivity index (χ0) is 24.2. The van der Waals surface area contributed by atoms with Gasteiger partial charge in [0.2, 0.25) is 0 Å². The Morgan fingerprint density at radius 3 is 2.24 bits per heavy atom. The molecule has 1 aromatic heterocycles. The van der Waals surface area contributed by atoms with E-state index < -0.39 is 27.5 Å². The number of rotatable bonds is 7. The van der Waals surface area contributed by atoms with Crippen molar-refractivity contribution in [2.75, 3.05) is 23.5 Å². The van der Waals surface area contributed by atoms with E-state index in [-0.39, 0.29) is 32.6 Å². The number of carbonyl (C=O) groups excluding carboxylic acids is 3. The van der Waals surface area contributed by atoms with Crippen LogP contribution < -0.4 is 10.6 Å². The number of aromatic amines is 1. The zero-order valence-corrected chi connectivity index (χ0v) is 19.2. The first-order valence-corrected chi connectivity index (χ1v) is 11.7. The number of nitrogens with one attached hydrogen (secondary N) is 4. The Labute approximate surface area is 194 Å². The maximum absolute atomic E-state index is 12.6. The average molecular weight is 490 g/mol. The van der Waals surface area contributed by atoms with Gasteiger partial charge in [-0.3, -0.25) is 9.59 Å². The summed E-state index contributed by atoms with van der Waals surface area (Å²) >= 11 is 6.17. The van der Waals surface area contributed by atoms with Crippen molar-refractivity contribution in [3.05, 3.63) is 70.8 Å². The predicted molar refractivity (Wildman–Crippen MR) is 123 cm³/mol. The van der Waals surface area contributed by atoms with Gasteiger partial charge in [0, 0.05) is 22.0 Å². The molecule has 0 saturated heterocycles. The number of carbonyl (C=O) groups is 3. The smallest absolute Gasteiger partial charge is 0.359 e. The fraction of sp³-hybridized carbons (Fsp3) is 0.143. The number of benzene rings is 2. The van der Waals surface area contributed by atoms with Crippen LogP contribution in [0.15, 0.2) is 53.7 Å². The van der Waals surface area contributed by atoms with E-state index in [2.05, 4.69) is 25.3 Å². The van der Waals surface area contributed by atoms with Gasteiger partial charge >= 0.3 is 5.97 Å². The number of anilines is 2. The van der Waals surface area contributed by atoms with Crippen molar-refractivity contribution >= 4 is 50.5 Å². The SMILES string of the molecule is CCS(=N)(=O)c1ccc(C(=O)Nc2ccc(NC(=O)c3[nH]cnc3C(=O)OC)cc2)c(Cl)c1. The molecular weight excluding hydrogens is 470 g/mol. The Hall–Kier alpha value is -3.70. The minimum atomic E-state index is -2.94. The van der Waals surface area contributed by atoms with Gasteiger partial charge in [-0.1, -0.05) is 18.5 Å². The first-order chi connectivity index (χ1) is 15.7. The molecule has 3 aromatic rings. The topological polar surface area (TPSA) is 154 Å². The van der Waals surface area contributed by atoms with Gasteiger partial charge in [-0.05, 0) is 42.5 Å². The standard InChI is InChI=1S/C21H20ClN5O5S/c1-3-33(23,31)14-8-9-15(16(22)10-14)19(28)26-12-4-6-13(7-5-12)27-20(29)17-18(21(30)32-2)25-11-24-17/h4-11,23H,3H2,1-2H3,(H,24,25)(H,26,28)(H,27,29). The van der Waals surface area contributed by atoms with Crippen LogP contribution in [0.5, 0.6) is 0 Å². The van der Waals surface area contributed by atoms with Crippen molar-refractivity contribution in [3.8, 4) is 0 Å². The number of hydrogen-bond acceptors (Lipinski definition) is 7. The number of hydrogen-bond donors (Lipinski definition) is 4. The molecule has 33 heavy (non-hydrogen) atoms. The Balaban J connectivity index is 1.69. The number of halogens is 1. The van der Waals surface area contributed by atoms with Crippen LogP contribution in [0.3, 0.4) is 0 Å². The van der Waals surface area contributed by atoms with E-state index in [1.807, 2.05) is 0 Å². The van der Waals surface area contributed by atoms with Crippen LogP contribution in [0.2, 0.25) is 5.02 Å². The van der Waals surface area contributed by atoms with Crippen molar-refractivity contribution in [2.45, 2.75) is 11.8 Å². The first kappa shape index (κ1) is 24.0. The summed E-state index contributed by atoms with van der Waals surface area (Å²) in [5.74, 6) is -1.68. The predicted octanol–water partition coefficient (Wildman–Crippen LogP) is 3.78. The summed E-state index contributed by atoms with van der Waals surface area (Å²) in [6.45, 7) is 1.64. The molecule has 0 aliphatic rings. The quantitative estimate of drug-likeness (QED) is 0.370. The van der Waals surface area contributed by atoms with E-state index in [0.29, 0.717) is 11.4 Å². The van der Waals surface area contributed by atoms with Crippen LogP contribution in [0.25, 0.3) is 0 Å². The second-order valence-electron chi connectivity index (χ2n) is 6.71. The van der Waals surface area contributed by atoms with Crippen molar-refractivity contribution in [1.29, 1.82) is 4.78 Å². The summed E-state index contributed by atoms with van der Waals surface area (Å²) in [6.07, 6.45) is 1.21. The Morgan fingerprint density at radius 1 is 1.09 bits per heavy atom. The summed E-state index contributed by atoms with van der Waals surface area (Å²) < 4.78 is 24.6. The van der Waals surface area contributed by atoms with Crippen LogP contribution >= 0.6 is 11.6 Å². The molecule has 12 heteroatoms. The lowest BCUT2D eigenvalue weighted by molar-refractivity contribution is 0.0591. The van der Waals surface area contributed by atoms with Gasteiger partial charge in [0.15, 0.2) is 5.69 Å². The van der Waals surface area contributed by atoms with Crippen molar-refractivity contribution in [2.24, 2.45) is 0 Å². The minimum absolute atomic E-state index is 0.0444. The second-order valence-corrected chi connectivity index (χ2v) is 9.52. The van der Waals surface area contributed by atoms with Gasteiger partial charge in [-0.15, -0.1) is 0 Å². The number of ether oxygens (including phenoxy) is 1. The molecular formula is C21H20ClN5O5S. The van der Waals surface area contributed by atoms with Gasteiger partial charge in [-0.2, -0.15) is 0 Å². The molecule has 2 aromatic carbocycles. The summed E-state index contributed by atoms with van der Waals surface area (Å²) in [4.78, 5) is 43.3. The first-order valence-electron chi connectivity index (χ1n) is 9.56. The van der Waals surface area contributed by atoms with Crippen LogP contribution in [0.1, 0.15) is 38.3 Å². The fourth-order valence-corrected chi connectivity index (χ4v) is 4.06. The molecule has 0 aliphatic heterocycles. The lowest BCUT2D eigenvalue weighted by Gasteiger charge is -2.10. The maximum Gasteiger partial charge on any atom is 0.359 e. The highest BCUT2D eigenvalue weighted by Gasteiger charge is 2.21. The van der Waals surface area contributed by atoms with Gasteiger partial charge < -0.3 is 20.4 Å². The zero-order valence-electron chi connectivity index (χ0n) is 17.6. The molecule has 1 heterocycles. The van der Waals surface area contributed by atoms with Crippen molar-refractivity contribution in [3.63, 3.8) is 0 Å². The van der Waals surface area contributed by atoms with Crippen LogP contribution in [-0.4, -0.2) is 44.8 Å². The minimum Gasteiger partial charge on any atom is -0.464 e. The number of amides is 2. The Kier molecular flexibility index (Phi) is 7.14.